The molecule has 0 saturated heterocycles. The van der Waals surface area contributed by atoms with Crippen LogP contribution in [-0.4, -0.2) is 31.7 Å². The Labute approximate surface area is 180 Å². The van der Waals surface area contributed by atoms with Crippen LogP contribution in [-0.2, 0) is 17.8 Å². The van der Waals surface area contributed by atoms with Crippen molar-refractivity contribution in [2.45, 2.75) is 66.3 Å². The Morgan fingerprint density at radius 1 is 1.19 bits per heavy atom. The lowest BCUT2D eigenvalue weighted by Gasteiger charge is -2.16. The first kappa shape index (κ1) is 21.0. The van der Waals surface area contributed by atoms with E-state index in [1.807, 2.05) is 19.9 Å². The van der Waals surface area contributed by atoms with E-state index in [4.69, 9.17) is 4.52 Å². The molecule has 4 rings (SSSR count). The molecule has 1 aliphatic rings. The summed E-state index contributed by atoms with van der Waals surface area (Å²) >= 11 is 0. The van der Waals surface area contributed by atoms with Gasteiger partial charge in [-0.3, -0.25) is 25.1 Å². The Hall–Kier alpha value is -3.23. The third-order valence-electron chi connectivity index (χ3n) is 5.19. The van der Waals surface area contributed by atoms with E-state index in [0.29, 0.717) is 34.7 Å². The Morgan fingerprint density at radius 3 is 2.55 bits per heavy atom. The minimum atomic E-state index is -0.422. The van der Waals surface area contributed by atoms with E-state index in [1.165, 1.54) is 0 Å². The van der Waals surface area contributed by atoms with Gasteiger partial charge >= 0.3 is 0 Å². The molecule has 3 heterocycles. The maximum Gasteiger partial charge on any atom is 0.270 e. The molecule has 0 bridgehead atoms. The quantitative estimate of drug-likeness (QED) is 0.609. The number of hydrogen-bond donors (Lipinski definition) is 2. The van der Waals surface area contributed by atoms with Gasteiger partial charge in [0.15, 0.2) is 0 Å². The number of nitrogens with zero attached hydrogens (tertiary/aromatic N) is 4. The molecule has 2 amide bonds. The molecule has 2 N–H and O–H groups in total. The molecular formula is C22H28N6O3. The van der Waals surface area contributed by atoms with Gasteiger partial charge in [-0.1, -0.05) is 25.9 Å². The summed E-state index contributed by atoms with van der Waals surface area (Å²) in [6, 6.07) is 3.69. The third kappa shape index (κ3) is 4.76. The molecule has 3 aromatic rings. The number of hydrazine groups is 1. The number of amides is 2. The van der Waals surface area contributed by atoms with E-state index in [1.54, 1.807) is 10.7 Å². The van der Waals surface area contributed by atoms with Crippen molar-refractivity contribution in [2.24, 2.45) is 5.41 Å². The van der Waals surface area contributed by atoms with Crippen LogP contribution in [0.4, 0.5) is 0 Å². The molecular weight excluding hydrogens is 396 g/mol. The molecule has 0 radical (unpaired) electrons. The zero-order valence-electron chi connectivity index (χ0n) is 18.6. The minimum absolute atomic E-state index is 0.0154. The van der Waals surface area contributed by atoms with Crippen LogP contribution >= 0.6 is 0 Å². The van der Waals surface area contributed by atoms with Crippen molar-refractivity contribution in [3.05, 3.63) is 40.5 Å². The Balaban J connectivity index is 1.56. The van der Waals surface area contributed by atoms with Gasteiger partial charge in [0.1, 0.15) is 6.54 Å². The molecule has 164 valence electrons. The minimum Gasteiger partial charge on any atom is -0.336 e. The molecule has 0 atom stereocenters. The zero-order valence-corrected chi connectivity index (χ0v) is 18.6. The fraction of sp³-hybridized carbons (Fsp3) is 0.500. The summed E-state index contributed by atoms with van der Waals surface area (Å²) in [7, 11) is 0. The smallest absolute Gasteiger partial charge is 0.270 e. The molecule has 3 aromatic heterocycles. The number of aryl methyl sites for hydroxylation is 2. The average molecular weight is 425 g/mol. The second kappa shape index (κ2) is 7.79. The van der Waals surface area contributed by atoms with Crippen molar-refractivity contribution in [3.8, 4) is 0 Å². The van der Waals surface area contributed by atoms with Gasteiger partial charge in [-0.25, -0.2) is 4.98 Å². The first-order valence-corrected chi connectivity index (χ1v) is 10.5. The Bertz CT molecular complexity index is 1150. The normalized spacial score (nSPS) is 14.1. The number of fused-ring (bicyclic) bond motifs is 1. The highest BCUT2D eigenvalue weighted by Gasteiger charge is 2.30. The van der Waals surface area contributed by atoms with E-state index in [9.17, 15) is 9.59 Å². The summed E-state index contributed by atoms with van der Waals surface area (Å²) in [5.41, 5.74) is 8.97. The van der Waals surface area contributed by atoms with E-state index in [2.05, 4.69) is 46.9 Å². The van der Waals surface area contributed by atoms with Crippen LogP contribution in [0.1, 0.15) is 72.7 Å². The molecule has 0 aromatic carbocycles. The molecule has 9 nitrogen and oxygen atoms in total. The lowest BCUT2D eigenvalue weighted by Crippen LogP contribution is -2.43. The molecule has 0 unspecified atom stereocenters. The number of nitrogens with one attached hydrogen (secondary N) is 2. The topological polar surface area (TPSA) is 115 Å². The van der Waals surface area contributed by atoms with Crippen molar-refractivity contribution in [3.63, 3.8) is 0 Å². The van der Waals surface area contributed by atoms with Crippen molar-refractivity contribution in [1.82, 2.24) is 30.8 Å². The van der Waals surface area contributed by atoms with Crippen LogP contribution in [0.2, 0.25) is 0 Å². The second-order valence-corrected chi connectivity index (χ2v) is 9.50. The first-order chi connectivity index (χ1) is 14.6. The molecule has 0 aliphatic heterocycles. The number of aromatic nitrogens is 4. The van der Waals surface area contributed by atoms with Gasteiger partial charge in [0.25, 0.3) is 17.5 Å². The van der Waals surface area contributed by atoms with E-state index >= 15 is 0 Å². The van der Waals surface area contributed by atoms with Crippen LogP contribution in [0.25, 0.3) is 11.1 Å². The van der Waals surface area contributed by atoms with Crippen molar-refractivity contribution >= 4 is 22.9 Å². The molecule has 1 aliphatic carbocycles. The van der Waals surface area contributed by atoms with E-state index in [-0.39, 0.29) is 17.9 Å². The van der Waals surface area contributed by atoms with Gasteiger partial charge in [0.05, 0.1) is 22.3 Å². The molecule has 9 heteroatoms. The van der Waals surface area contributed by atoms with Crippen LogP contribution in [0, 0.1) is 19.3 Å². The largest absolute Gasteiger partial charge is 0.336 e. The monoisotopic (exact) mass is 424 g/mol. The molecule has 31 heavy (non-hydrogen) atoms. The van der Waals surface area contributed by atoms with Crippen LogP contribution in [0.15, 0.2) is 16.7 Å². The van der Waals surface area contributed by atoms with Crippen LogP contribution < -0.4 is 10.9 Å². The first-order valence-electron chi connectivity index (χ1n) is 10.5. The lowest BCUT2D eigenvalue weighted by molar-refractivity contribution is -0.122. The SMILES string of the molecule is Cc1cc(C)n(CC(=O)NNC(=O)c2cc(C3CC3)nc3onc(CC(C)(C)C)c23)n1. The number of pyridine rings is 1. The predicted octanol–water partition coefficient (Wildman–Crippen LogP) is 2.96. The zero-order chi connectivity index (χ0) is 22.3. The summed E-state index contributed by atoms with van der Waals surface area (Å²) in [5.74, 6) is -0.449. The highest BCUT2D eigenvalue weighted by Crippen LogP contribution is 2.40. The van der Waals surface area contributed by atoms with Crippen molar-refractivity contribution in [1.29, 1.82) is 0 Å². The molecule has 0 spiro atoms. The van der Waals surface area contributed by atoms with Gasteiger partial charge in [0, 0.05) is 17.3 Å². The maximum absolute atomic E-state index is 13.1. The lowest BCUT2D eigenvalue weighted by atomic mass is 9.89. The molecule has 1 fully saturated rings. The predicted molar refractivity (Wildman–Crippen MR) is 114 cm³/mol. The summed E-state index contributed by atoms with van der Waals surface area (Å²) in [6.45, 7) is 10.0. The van der Waals surface area contributed by atoms with Gasteiger partial charge < -0.3 is 4.52 Å². The van der Waals surface area contributed by atoms with Gasteiger partial charge in [-0.2, -0.15) is 5.10 Å². The number of carbonyl (C=O) groups excluding carboxylic acids is 2. The van der Waals surface area contributed by atoms with Gasteiger partial charge in [-0.05, 0) is 50.7 Å². The maximum atomic E-state index is 13.1. The van der Waals surface area contributed by atoms with E-state index < -0.39 is 5.91 Å². The fourth-order valence-electron chi connectivity index (χ4n) is 3.62. The number of hydrogen-bond acceptors (Lipinski definition) is 6. The number of rotatable bonds is 5. The second-order valence-electron chi connectivity index (χ2n) is 9.50. The average Bonchev–Trinajstić information content (AvgIpc) is 3.39. The van der Waals surface area contributed by atoms with Crippen LogP contribution in [0.3, 0.4) is 0 Å². The number of carbonyl (C=O) groups is 2. The highest BCUT2D eigenvalue weighted by atomic mass is 16.5. The van der Waals surface area contributed by atoms with Gasteiger partial charge in [0.2, 0.25) is 0 Å². The van der Waals surface area contributed by atoms with E-state index in [0.717, 1.165) is 29.9 Å². The Kier molecular flexibility index (Phi) is 5.28. The third-order valence-corrected chi connectivity index (χ3v) is 5.19. The fourth-order valence-corrected chi connectivity index (χ4v) is 3.62. The van der Waals surface area contributed by atoms with Gasteiger partial charge in [-0.15, -0.1) is 0 Å². The standard InChI is InChI=1S/C22H28N6O3/c1-12-8-13(2)28(26-12)11-18(29)24-25-20(30)15-9-16(14-6-7-14)23-21-19(15)17(27-31-21)10-22(3,4)5/h8-9,14H,6-7,10-11H2,1-5H3,(H,24,29)(H,25,30). The van der Waals surface area contributed by atoms with Crippen molar-refractivity contribution < 1.29 is 14.1 Å². The summed E-state index contributed by atoms with van der Waals surface area (Å²) in [5, 5.41) is 9.06. The summed E-state index contributed by atoms with van der Waals surface area (Å²) < 4.78 is 7.08. The molecule has 1 saturated carbocycles. The van der Waals surface area contributed by atoms with Crippen LogP contribution in [0.5, 0.6) is 0 Å². The highest BCUT2D eigenvalue weighted by molar-refractivity contribution is 6.06. The summed E-state index contributed by atoms with van der Waals surface area (Å²) in [4.78, 5) is 30.0. The van der Waals surface area contributed by atoms with Crippen molar-refractivity contribution in [2.75, 3.05) is 0 Å². The summed E-state index contributed by atoms with van der Waals surface area (Å²) in [6.07, 6.45) is 2.72. The Morgan fingerprint density at radius 2 is 1.94 bits per heavy atom.